The molecule has 0 spiro atoms. The van der Waals surface area contributed by atoms with E-state index in [1.165, 1.54) is 0 Å². The maximum atomic E-state index is 12.1. The number of aliphatic hydroxyl groups is 1. The Hall–Kier alpha value is -1.43. The number of piperidine rings is 1. The van der Waals surface area contributed by atoms with Crippen molar-refractivity contribution in [2.45, 2.75) is 45.6 Å². The minimum atomic E-state index is -0.353. The summed E-state index contributed by atoms with van der Waals surface area (Å²) in [4.78, 5) is 18.0. The third-order valence-electron chi connectivity index (χ3n) is 3.62. The number of nitrogens with zero attached hydrogens (tertiary/aromatic N) is 3. The van der Waals surface area contributed by atoms with Crippen LogP contribution in [0.4, 0.5) is 0 Å². The second-order valence-corrected chi connectivity index (χ2v) is 5.22. The van der Waals surface area contributed by atoms with Crippen molar-refractivity contribution >= 4 is 5.91 Å². The summed E-state index contributed by atoms with van der Waals surface area (Å²) >= 11 is 0. The number of aliphatic hydroxyl groups excluding tert-OH is 1. The van der Waals surface area contributed by atoms with E-state index >= 15 is 0 Å². The molecule has 2 unspecified atom stereocenters. The van der Waals surface area contributed by atoms with Crippen LogP contribution in [-0.2, 0) is 11.2 Å². The molecule has 1 fully saturated rings. The van der Waals surface area contributed by atoms with Crippen LogP contribution in [0.15, 0.2) is 4.52 Å². The summed E-state index contributed by atoms with van der Waals surface area (Å²) in [6.07, 6.45) is 2.46. The Morgan fingerprint density at radius 2 is 2.42 bits per heavy atom. The van der Waals surface area contributed by atoms with Gasteiger partial charge >= 0.3 is 0 Å². The number of amides is 1. The zero-order valence-corrected chi connectivity index (χ0v) is 11.5. The Morgan fingerprint density at radius 1 is 1.63 bits per heavy atom. The fourth-order valence-electron chi connectivity index (χ4n) is 2.44. The molecule has 2 atom stereocenters. The predicted molar refractivity (Wildman–Crippen MR) is 68.3 cm³/mol. The molecule has 1 N–H and O–H groups in total. The van der Waals surface area contributed by atoms with Gasteiger partial charge in [0.05, 0.1) is 6.10 Å². The molecule has 6 nitrogen and oxygen atoms in total. The molecular formula is C13H21N3O3. The number of aryl methyl sites for hydroxylation is 2. The highest BCUT2D eigenvalue weighted by atomic mass is 16.5. The first kappa shape index (κ1) is 14.0. The molecule has 106 valence electrons. The Bertz CT molecular complexity index is 431. The van der Waals surface area contributed by atoms with E-state index < -0.39 is 0 Å². The number of aromatic nitrogens is 2. The van der Waals surface area contributed by atoms with E-state index in [0.717, 1.165) is 19.4 Å². The van der Waals surface area contributed by atoms with E-state index in [-0.39, 0.29) is 17.9 Å². The van der Waals surface area contributed by atoms with Crippen LogP contribution in [0.25, 0.3) is 0 Å². The third kappa shape index (κ3) is 3.76. The lowest BCUT2D eigenvalue weighted by Crippen LogP contribution is -2.43. The SMILES string of the molecule is Cc1noc(CCC(=O)N2CCCC(C(C)O)C2)n1. The molecule has 19 heavy (non-hydrogen) atoms. The summed E-state index contributed by atoms with van der Waals surface area (Å²) in [6.45, 7) is 4.98. The minimum absolute atomic E-state index is 0.0983. The van der Waals surface area contributed by atoms with Gasteiger partial charge in [-0.3, -0.25) is 4.79 Å². The Morgan fingerprint density at radius 3 is 3.05 bits per heavy atom. The summed E-state index contributed by atoms with van der Waals surface area (Å²) in [6, 6.07) is 0. The normalized spacial score (nSPS) is 21.4. The summed E-state index contributed by atoms with van der Waals surface area (Å²) in [5, 5.41) is 13.3. The standard InChI is InChI=1S/C13H21N3O3/c1-9(17)11-4-3-7-16(8-11)13(18)6-5-12-14-10(2)15-19-12/h9,11,17H,3-8H2,1-2H3. The average molecular weight is 267 g/mol. The Balaban J connectivity index is 1.82. The molecule has 1 aromatic heterocycles. The number of hydrogen-bond donors (Lipinski definition) is 1. The first-order valence-corrected chi connectivity index (χ1v) is 6.81. The first-order valence-electron chi connectivity index (χ1n) is 6.81. The predicted octanol–water partition coefficient (Wildman–Crippen LogP) is 0.930. The largest absolute Gasteiger partial charge is 0.393 e. The highest BCUT2D eigenvalue weighted by Gasteiger charge is 2.26. The van der Waals surface area contributed by atoms with Gasteiger partial charge < -0.3 is 14.5 Å². The summed E-state index contributed by atoms with van der Waals surface area (Å²) in [7, 11) is 0. The molecule has 2 rings (SSSR count). The second kappa shape index (κ2) is 6.14. The van der Waals surface area contributed by atoms with Crippen molar-refractivity contribution in [1.29, 1.82) is 0 Å². The van der Waals surface area contributed by atoms with Crippen molar-refractivity contribution in [3.63, 3.8) is 0 Å². The van der Waals surface area contributed by atoms with E-state index in [0.29, 0.717) is 31.1 Å². The van der Waals surface area contributed by atoms with E-state index in [1.807, 2.05) is 4.90 Å². The van der Waals surface area contributed by atoms with Gasteiger partial charge in [-0.2, -0.15) is 4.98 Å². The second-order valence-electron chi connectivity index (χ2n) is 5.22. The number of hydrogen-bond acceptors (Lipinski definition) is 5. The van der Waals surface area contributed by atoms with E-state index in [1.54, 1.807) is 13.8 Å². The lowest BCUT2D eigenvalue weighted by molar-refractivity contribution is -0.133. The monoisotopic (exact) mass is 267 g/mol. The molecule has 2 heterocycles. The van der Waals surface area contributed by atoms with Gasteiger partial charge in [-0.05, 0) is 26.7 Å². The summed E-state index contributed by atoms with van der Waals surface area (Å²) in [5.74, 6) is 1.40. The zero-order valence-electron chi connectivity index (χ0n) is 11.5. The number of likely N-dealkylation sites (tertiary alicyclic amines) is 1. The maximum absolute atomic E-state index is 12.1. The van der Waals surface area contributed by atoms with Gasteiger partial charge in [0.15, 0.2) is 5.82 Å². The van der Waals surface area contributed by atoms with Crippen LogP contribution < -0.4 is 0 Å². The van der Waals surface area contributed by atoms with Gasteiger partial charge in [0.1, 0.15) is 0 Å². The molecule has 6 heteroatoms. The van der Waals surface area contributed by atoms with Crippen molar-refractivity contribution in [3.05, 3.63) is 11.7 Å². The molecular weight excluding hydrogens is 246 g/mol. The summed E-state index contributed by atoms with van der Waals surface area (Å²) < 4.78 is 4.99. The molecule has 1 saturated heterocycles. The van der Waals surface area contributed by atoms with Gasteiger partial charge in [0.25, 0.3) is 0 Å². The molecule has 0 radical (unpaired) electrons. The third-order valence-corrected chi connectivity index (χ3v) is 3.62. The highest BCUT2D eigenvalue weighted by molar-refractivity contribution is 5.76. The number of carbonyl (C=O) groups is 1. The Kier molecular flexibility index (Phi) is 4.52. The lowest BCUT2D eigenvalue weighted by Gasteiger charge is -2.34. The van der Waals surface area contributed by atoms with Gasteiger partial charge in [-0.25, -0.2) is 0 Å². The topological polar surface area (TPSA) is 79.5 Å². The van der Waals surface area contributed by atoms with Crippen LogP contribution in [0.2, 0.25) is 0 Å². The fourth-order valence-corrected chi connectivity index (χ4v) is 2.44. The van der Waals surface area contributed by atoms with E-state index in [4.69, 9.17) is 4.52 Å². The molecule has 0 saturated carbocycles. The zero-order chi connectivity index (χ0) is 13.8. The average Bonchev–Trinajstić information content (AvgIpc) is 2.82. The van der Waals surface area contributed by atoms with Crippen LogP contribution in [-0.4, -0.2) is 45.2 Å². The number of rotatable bonds is 4. The van der Waals surface area contributed by atoms with Gasteiger partial charge in [-0.15, -0.1) is 0 Å². The lowest BCUT2D eigenvalue weighted by atomic mass is 9.93. The van der Waals surface area contributed by atoms with Crippen LogP contribution in [0.5, 0.6) is 0 Å². The first-order chi connectivity index (χ1) is 9.06. The van der Waals surface area contributed by atoms with Crippen molar-refractivity contribution in [2.24, 2.45) is 5.92 Å². The van der Waals surface area contributed by atoms with Crippen LogP contribution in [0.3, 0.4) is 0 Å². The number of carbonyl (C=O) groups excluding carboxylic acids is 1. The van der Waals surface area contributed by atoms with Crippen molar-refractivity contribution in [2.75, 3.05) is 13.1 Å². The van der Waals surface area contributed by atoms with E-state index in [2.05, 4.69) is 10.1 Å². The smallest absolute Gasteiger partial charge is 0.227 e. The molecule has 1 amide bonds. The summed E-state index contributed by atoms with van der Waals surface area (Å²) in [5.41, 5.74) is 0. The van der Waals surface area contributed by atoms with Crippen molar-refractivity contribution in [3.8, 4) is 0 Å². The van der Waals surface area contributed by atoms with Crippen LogP contribution in [0, 0.1) is 12.8 Å². The molecule has 0 aliphatic carbocycles. The highest BCUT2D eigenvalue weighted by Crippen LogP contribution is 2.20. The van der Waals surface area contributed by atoms with Crippen molar-refractivity contribution < 1.29 is 14.4 Å². The molecule has 0 aromatic carbocycles. The van der Waals surface area contributed by atoms with Crippen molar-refractivity contribution in [1.82, 2.24) is 15.0 Å². The fraction of sp³-hybridized carbons (Fsp3) is 0.769. The minimum Gasteiger partial charge on any atom is -0.393 e. The van der Waals surface area contributed by atoms with Gasteiger partial charge in [0.2, 0.25) is 11.8 Å². The molecule has 0 bridgehead atoms. The van der Waals surface area contributed by atoms with Crippen LogP contribution in [0.1, 0.15) is 37.9 Å². The maximum Gasteiger partial charge on any atom is 0.227 e. The van der Waals surface area contributed by atoms with E-state index in [9.17, 15) is 9.90 Å². The van der Waals surface area contributed by atoms with Crippen LogP contribution >= 0.6 is 0 Å². The van der Waals surface area contributed by atoms with Gasteiger partial charge in [-0.1, -0.05) is 5.16 Å². The quantitative estimate of drug-likeness (QED) is 0.878. The molecule has 1 aromatic rings. The molecule has 1 aliphatic heterocycles. The van der Waals surface area contributed by atoms with Gasteiger partial charge in [0, 0.05) is 31.8 Å². The molecule has 1 aliphatic rings. The Labute approximate surface area is 112 Å².